The third-order valence-corrected chi connectivity index (χ3v) is 6.23. The van der Waals surface area contributed by atoms with Gasteiger partial charge in [-0.2, -0.15) is 4.98 Å². The average molecular weight is 493 g/mol. The number of ketones is 1. The van der Waals surface area contributed by atoms with E-state index in [-0.39, 0.29) is 11.7 Å². The number of benzene rings is 2. The van der Waals surface area contributed by atoms with Crippen LogP contribution in [0.5, 0.6) is 5.75 Å². The van der Waals surface area contributed by atoms with Crippen molar-refractivity contribution in [3.8, 4) is 17.1 Å². The number of pyridine rings is 1. The van der Waals surface area contributed by atoms with Gasteiger partial charge in [-0.1, -0.05) is 34.4 Å². The Morgan fingerprint density at radius 3 is 2.74 bits per heavy atom. The average Bonchev–Trinajstić information content (AvgIpc) is 3.44. The van der Waals surface area contributed by atoms with E-state index in [9.17, 15) is 4.79 Å². The van der Waals surface area contributed by atoms with Gasteiger partial charge in [0.25, 0.3) is 11.7 Å². The summed E-state index contributed by atoms with van der Waals surface area (Å²) in [5, 5.41) is 5.79. The molecule has 34 heavy (non-hydrogen) atoms. The van der Waals surface area contributed by atoms with E-state index in [1.165, 1.54) is 0 Å². The van der Waals surface area contributed by atoms with Gasteiger partial charge in [0, 0.05) is 51.1 Å². The molecule has 5 rings (SSSR count). The molecule has 0 radical (unpaired) electrons. The molecule has 0 N–H and O–H groups in total. The summed E-state index contributed by atoms with van der Waals surface area (Å²) in [5.41, 5.74) is 3.57. The minimum atomic E-state index is -0.376. The molecule has 0 saturated heterocycles. The Labute approximate surface area is 204 Å². The Bertz CT molecular complexity index is 1530. The third-order valence-electron chi connectivity index (χ3n) is 5.64. The third kappa shape index (κ3) is 3.93. The molecule has 0 aliphatic rings. The minimum Gasteiger partial charge on any atom is -0.497 e. The smallest absolute Gasteiger partial charge is 0.299 e. The Morgan fingerprint density at radius 1 is 1.15 bits per heavy atom. The van der Waals surface area contributed by atoms with Crippen LogP contribution in [0.25, 0.3) is 22.3 Å². The maximum absolute atomic E-state index is 13.6. The Kier molecular flexibility index (Phi) is 5.81. The van der Waals surface area contributed by atoms with Gasteiger partial charge in [0.1, 0.15) is 5.75 Å². The van der Waals surface area contributed by atoms with Crippen LogP contribution in [0.15, 0.2) is 65.4 Å². The molecule has 9 heteroatoms. The molecule has 170 valence electrons. The standard InChI is InChI=1S/C25H18Cl2N4O3/c1-14-22(23(32)25-29-24(30-34-25)15-4-3-9-28-12-15)19-11-18(33-2)7-8-21(19)31(14)13-16-5-6-17(26)10-20(16)27/h3-12H,13H2,1-2H3. The van der Waals surface area contributed by atoms with Crippen LogP contribution in [-0.4, -0.2) is 32.6 Å². The summed E-state index contributed by atoms with van der Waals surface area (Å²) >= 11 is 12.5. The molecule has 0 unspecified atom stereocenters. The molecule has 3 heterocycles. The fraction of sp³-hybridized carbons (Fsp3) is 0.120. The van der Waals surface area contributed by atoms with Crippen molar-refractivity contribution in [3.63, 3.8) is 0 Å². The van der Waals surface area contributed by atoms with Crippen LogP contribution in [0.3, 0.4) is 0 Å². The van der Waals surface area contributed by atoms with Crippen molar-refractivity contribution in [3.05, 3.63) is 93.7 Å². The van der Waals surface area contributed by atoms with Crippen molar-refractivity contribution >= 4 is 39.9 Å². The number of aromatic nitrogens is 4. The Balaban J connectivity index is 1.62. The van der Waals surface area contributed by atoms with Gasteiger partial charge in [-0.3, -0.25) is 9.78 Å². The number of fused-ring (bicyclic) bond motifs is 1. The molecule has 2 aromatic carbocycles. The summed E-state index contributed by atoms with van der Waals surface area (Å²) < 4.78 is 12.8. The van der Waals surface area contributed by atoms with E-state index >= 15 is 0 Å². The lowest BCUT2D eigenvalue weighted by molar-refractivity contribution is 0.0994. The number of nitrogens with zero attached hydrogens (tertiary/aromatic N) is 4. The lowest BCUT2D eigenvalue weighted by atomic mass is 10.1. The molecule has 0 aliphatic carbocycles. The topological polar surface area (TPSA) is 83.0 Å². The van der Waals surface area contributed by atoms with Gasteiger partial charge in [-0.15, -0.1) is 0 Å². The fourth-order valence-electron chi connectivity index (χ4n) is 3.93. The van der Waals surface area contributed by atoms with E-state index < -0.39 is 0 Å². The van der Waals surface area contributed by atoms with Gasteiger partial charge in [-0.05, 0) is 55.0 Å². The molecule has 0 saturated carbocycles. The van der Waals surface area contributed by atoms with E-state index in [4.69, 9.17) is 32.5 Å². The number of halogens is 2. The molecule has 0 bridgehead atoms. The number of ether oxygens (including phenoxy) is 1. The van der Waals surface area contributed by atoms with Crippen molar-refractivity contribution in [1.29, 1.82) is 0 Å². The summed E-state index contributed by atoms with van der Waals surface area (Å²) in [5.74, 6) is 0.445. The van der Waals surface area contributed by atoms with E-state index in [0.29, 0.717) is 44.7 Å². The molecule has 0 aliphatic heterocycles. The van der Waals surface area contributed by atoms with Crippen LogP contribution >= 0.6 is 23.2 Å². The highest BCUT2D eigenvalue weighted by Crippen LogP contribution is 2.33. The number of hydrogen-bond acceptors (Lipinski definition) is 6. The number of carbonyl (C=O) groups is 1. The van der Waals surface area contributed by atoms with Gasteiger partial charge < -0.3 is 13.8 Å². The number of hydrogen-bond donors (Lipinski definition) is 0. The summed E-state index contributed by atoms with van der Waals surface area (Å²) in [4.78, 5) is 22.0. The summed E-state index contributed by atoms with van der Waals surface area (Å²) in [6, 6.07) is 14.5. The molecular weight excluding hydrogens is 475 g/mol. The second-order valence-electron chi connectivity index (χ2n) is 7.66. The van der Waals surface area contributed by atoms with E-state index in [0.717, 1.165) is 16.8 Å². The first-order valence-electron chi connectivity index (χ1n) is 10.4. The van der Waals surface area contributed by atoms with Crippen molar-refractivity contribution in [2.75, 3.05) is 7.11 Å². The molecule has 0 spiro atoms. The van der Waals surface area contributed by atoms with E-state index in [1.807, 2.05) is 35.8 Å². The van der Waals surface area contributed by atoms with Crippen LogP contribution in [-0.2, 0) is 6.54 Å². The highest BCUT2D eigenvalue weighted by molar-refractivity contribution is 6.35. The van der Waals surface area contributed by atoms with E-state index in [2.05, 4.69) is 15.1 Å². The van der Waals surface area contributed by atoms with Gasteiger partial charge in [-0.25, -0.2) is 0 Å². The summed E-state index contributed by atoms with van der Waals surface area (Å²) in [6.07, 6.45) is 3.26. The summed E-state index contributed by atoms with van der Waals surface area (Å²) in [7, 11) is 1.58. The van der Waals surface area contributed by atoms with Crippen molar-refractivity contribution in [1.82, 2.24) is 19.7 Å². The Morgan fingerprint density at radius 2 is 2.00 bits per heavy atom. The molecule has 0 fully saturated rings. The Hall–Kier alpha value is -3.68. The predicted octanol–water partition coefficient (Wildman–Crippen LogP) is 5.99. The SMILES string of the molecule is COc1ccc2c(c1)c(C(=O)c1nc(-c3cccnc3)no1)c(C)n2Cc1ccc(Cl)cc1Cl. The molecule has 0 amide bonds. The molecule has 7 nitrogen and oxygen atoms in total. The monoisotopic (exact) mass is 492 g/mol. The minimum absolute atomic E-state index is 0.103. The van der Waals surface area contributed by atoms with Gasteiger partial charge >= 0.3 is 0 Å². The van der Waals surface area contributed by atoms with Crippen molar-refractivity contribution in [2.24, 2.45) is 0 Å². The molecular formula is C25H18Cl2N4O3. The van der Waals surface area contributed by atoms with Crippen molar-refractivity contribution < 1.29 is 14.1 Å². The zero-order chi connectivity index (χ0) is 23.8. The van der Waals surface area contributed by atoms with Gasteiger partial charge in [0.2, 0.25) is 5.82 Å². The second kappa shape index (κ2) is 8.93. The first kappa shape index (κ1) is 22.1. The lowest BCUT2D eigenvalue weighted by Gasteiger charge is -2.11. The predicted molar refractivity (Wildman–Crippen MR) is 130 cm³/mol. The quantitative estimate of drug-likeness (QED) is 0.270. The van der Waals surface area contributed by atoms with Gasteiger partial charge in [0.15, 0.2) is 0 Å². The van der Waals surface area contributed by atoms with Crippen LogP contribution in [0, 0.1) is 6.92 Å². The second-order valence-corrected chi connectivity index (χ2v) is 8.50. The molecule has 5 aromatic rings. The van der Waals surface area contributed by atoms with Crippen LogP contribution in [0.4, 0.5) is 0 Å². The lowest BCUT2D eigenvalue weighted by Crippen LogP contribution is -2.07. The van der Waals surface area contributed by atoms with E-state index in [1.54, 1.807) is 43.8 Å². The molecule has 0 atom stereocenters. The normalized spacial score (nSPS) is 11.2. The number of carbonyl (C=O) groups excluding carboxylic acids is 1. The van der Waals surface area contributed by atoms with Crippen LogP contribution in [0.1, 0.15) is 27.5 Å². The van der Waals surface area contributed by atoms with Gasteiger partial charge in [0.05, 0.1) is 12.7 Å². The number of methoxy groups -OCH3 is 1. The van der Waals surface area contributed by atoms with Crippen LogP contribution in [0.2, 0.25) is 10.0 Å². The largest absolute Gasteiger partial charge is 0.497 e. The maximum Gasteiger partial charge on any atom is 0.299 e. The zero-order valence-corrected chi connectivity index (χ0v) is 19.8. The number of rotatable bonds is 6. The fourth-order valence-corrected chi connectivity index (χ4v) is 4.40. The van der Waals surface area contributed by atoms with Crippen LogP contribution < -0.4 is 4.74 Å². The maximum atomic E-state index is 13.6. The first-order valence-corrected chi connectivity index (χ1v) is 11.1. The summed E-state index contributed by atoms with van der Waals surface area (Å²) in [6.45, 7) is 2.32. The molecule has 3 aromatic heterocycles. The first-order chi connectivity index (χ1) is 16.5. The van der Waals surface area contributed by atoms with Crippen molar-refractivity contribution in [2.45, 2.75) is 13.5 Å². The highest BCUT2D eigenvalue weighted by atomic mass is 35.5. The highest BCUT2D eigenvalue weighted by Gasteiger charge is 2.26. The zero-order valence-electron chi connectivity index (χ0n) is 18.3.